The van der Waals surface area contributed by atoms with E-state index < -0.39 is 41.4 Å². The second kappa shape index (κ2) is 14.6. The van der Waals surface area contributed by atoms with Crippen LogP contribution in [-0.2, 0) is 30.3 Å². The third-order valence-corrected chi connectivity index (χ3v) is 7.71. The summed E-state index contributed by atoms with van der Waals surface area (Å²) in [6.07, 6.45) is 3.94. The summed E-state index contributed by atoms with van der Waals surface area (Å²) in [6, 6.07) is 4.22. The minimum absolute atomic E-state index is 0.00162. The van der Waals surface area contributed by atoms with Crippen LogP contribution in [0.1, 0.15) is 93.1 Å². The zero-order valence-electron chi connectivity index (χ0n) is 25.2. The average Bonchev–Trinajstić information content (AvgIpc) is 2.88. The van der Waals surface area contributed by atoms with Gasteiger partial charge in [-0.1, -0.05) is 66.9 Å². The predicted molar refractivity (Wildman–Crippen MR) is 151 cm³/mol. The van der Waals surface area contributed by atoms with E-state index in [4.69, 9.17) is 14.2 Å². The zero-order valence-corrected chi connectivity index (χ0v) is 25.2. The normalized spacial score (nSPS) is 17.3. The van der Waals surface area contributed by atoms with Crippen LogP contribution < -0.4 is 14.8 Å². The van der Waals surface area contributed by atoms with Gasteiger partial charge in [-0.3, -0.25) is 19.7 Å². The molecule has 0 aromatic heterocycles. The van der Waals surface area contributed by atoms with Crippen molar-refractivity contribution < 1.29 is 38.5 Å². The number of nitrogens with one attached hydrogen (secondary N) is 1. The number of carboxylic acids is 1. The first-order valence-electron chi connectivity index (χ1n) is 14.5. The van der Waals surface area contributed by atoms with Gasteiger partial charge in [0, 0.05) is 12.5 Å². The number of hydrogen-bond donors (Lipinski definition) is 2. The van der Waals surface area contributed by atoms with Crippen LogP contribution in [-0.4, -0.2) is 40.8 Å². The Balaban J connectivity index is 2.47. The lowest BCUT2D eigenvalue weighted by atomic mass is 9.89. The second-order valence-corrected chi connectivity index (χ2v) is 12.1. The van der Waals surface area contributed by atoms with Crippen molar-refractivity contribution in [2.24, 2.45) is 29.6 Å². The molecule has 1 fully saturated rings. The number of hydrogen-bond acceptors (Lipinski definition) is 8. The van der Waals surface area contributed by atoms with E-state index in [1.54, 1.807) is 33.8 Å². The Labute approximate surface area is 238 Å². The fourth-order valence-corrected chi connectivity index (χ4v) is 4.42. The Morgan fingerprint density at radius 3 is 1.85 bits per heavy atom. The van der Waals surface area contributed by atoms with Gasteiger partial charge in [-0.05, 0) is 56.2 Å². The molecule has 2 unspecified atom stereocenters. The molecule has 1 aliphatic carbocycles. The van der Waals surface area contributed by atoms with Gasteiger partial charge in [0.2, 0.25) is 0 Å². The number of carbonyl (C=O) groups excluding carboxylic acids is 3. The largest absolute Gasteiger partial charge is 0.477 e. The van der Waals surface area contributed by atoms with E-state index in [0.29, 0.717) is 18.4 Å². The van der Waals surface area contributed by atoms with Crippen LogP contribution in [0.2, 0.25) is 0 Å². The number of ether oxygens (including phenoxy) is 3. The molecule has 1 aromatic rings. The molecule has 9 nitrogen and oxygen atoms in total. The first kappa shape index (κ1) is 33.3. The first-order chi connectivity index (χ1) is 18.7. The lowest BCUT2D eigenvalue weighted by molar-refractivity contribution is -0.188. The summed E-state index contributed by atoms with van der Waals surface area (Å²) in [6.45, 7) is 14.6. The van der Waals surface area contributed by atoms with Crippen molar-refractivity contribution in [2.45, 2.75) is 106 Å². The van der Waals surface area contributed by atoms with Crippen LogP contribution in [0.15, 0.2) is 18.2 Å². The molecular weight excluding hydrogens is 514 g/mol. The zero-order chi connectivity index (χ0) is 30.2. The third kappa shape index (κ3) is 9.04. The number of carboxylic acid groups (broad SMARTS) is 1. The van der Waals surface area contributed by atoms with Crippen molar-refractivity contribution in [3.8, 4) is 11.5 Å². The standard InChI is InChI=1S/C31H47NO8/c1-18(2)21(7)27(33)38-25-15-14-23(16-26(25)39-28(34)22(8)19(3)4)17-31(30(36)37,32-20(5)6)40-29(35)24-12-10-9-11-13-24/h14-16,18-22,24,32H,9-13,17H2,1-8H3,(H,36,37)/t21?,22?,31-/m0/s1. The number of esters is 3. The van der Waals surface area contributed by atoms with Crippen molar-refractivity contribution >= 4 is 23.9 Å². The highest BCUT2D eigenvalue weighted by Gasteiger charge is 2.45. The highest BCUT2D eigenvalue weighted by atomic mass is 16.6. The fraction of sp³-hybridized carbons (Fsp3) is 0.677. The van der Waals surface area contributed by atoms with Crippen molar-refractivity contribution in [1.29, 1.82) is 0 Å². The molecule has 9 heteroatoms. The average molecular weight is 562 g/mol. The maximum atomic E-state index is 13.1. The van der Waals surface area contributed by atoms with Gasteiger partial charge in [-0.15, -0.1) is 0 Å². The third-order valence-electron chi connectivity index (χ3n) is 7.71. The van der Waals surface area contributed by atoms with Gasteiger partial charge in [0.15, 0.2) is 11.5 Å². The molecule has 40 heavy (non-hydrogen) atoms. The Morgan fingerprint density at radius 2 is 1.38 bits per heavy atom. The summed E-state index contributed by atoms with van der Waals surface area (Å²) in [7, 11) is 0. The minimum atomic E-state index is -2.04. The summed E-state index contributed by atoms with van der Waals surface area (Å²) in [5.41, 5.74) is -1.62. The maximum absolute atomic E-state index is 13.1. The number of aliphatic carboxylic acids is 1. The summed E-state index contributed by atoms with van der Waals surface area (Å²) < 4.78 is 17.1. The van der Waals surface area contributed by atoms with Crippen LogP contribution >= 0.6 is 0 Å². The molecule has 0 aliphatic heterocycles. The van der Waals surface area contributed by atoms with Crippen molar-refractivity contribution in [1.82, 2.24) is 5.32 Å². The molecule has 224 valence electrons. The van der Waals surface area contributed by atoms with Crippen LogP contribution in [0.5, 0.6) is 11.5 Å². The minimum Gasteiger partial charge on any atom is -0.477 e. The number of benzene rings is 1. The Kier molecular flexibility index (Phi) is 12.2. The molecule has 2 N–H and O–H groups in total. The van der Waals surface area contributed by atoms with E-state index in [1.807, 2.05) is 27.7 Å². The number of rotatable bonds is 13. The summed E-state index contributed by atoms with van der Waals surface area (Å²) in [4.78, 5) is 51.3. The summed E-state index contributed by atoms with van der Waals surface area (Å²) in [5, 5.41) is 13.3. The van der Waals surface area contributed by atoms with Gasteiger partial charge in [0.25, 0.3) is 5.72 Å². The van der Waals surface area contributed by atoms with Gasteiger partial charge in [0.05, 0.1) is 17.8 Å². The van der Waals surface area contributed by atoms with Crippen molar-refractivity contribution in [3.05, 3.63) is 23.8 Å². The molecule has 0 heterocycles. The van der Waals surface area contributed by atoms with Gasteiger partial charge in [-0.25, -0.2) is 4.79 Å². The van der Waals surface area contributed by atoms with Crippen molar-refractivity contribution in [2.75, 3.05) is 0 Å². The van der Waals surface area contributed by atoms with Crippen molar-refractivity contribution in [3.63, 3.8) is 0 Å². The van der Waals surface area contributed by atoms with E-state index >= 15 is 0 Å². The quantitative estimate of drug-likeness (QED) is 0.182. The summed E-state index contributed by atoms with van der Waals surface area (Å²) in [5.74, 6) is -3.92. The van der Waals surface area contributed by atoms with E-state index in [1.165, 1.54) is 12.1 Å². The molecule has 1 saturated carbocycles. The van der Waals surface area contributed by atoms with E-state index in [-0.39, 0.29) is 41.7 Å². The molecule has 2 rings (SSSR count). The Morgan fingerprint density at radius 1 is 0.850 bits per heavy atom. The molecule has 0 bridgehead atoms. The van der Waals surface area contributed by atoms with Gasteiger partial charge < -0.3 is 19.3 Å². The predicted octanol–water partition coefficient (Wildman–Crippen LogP) is 5.53. The monoisotopic (exact) mass is 561 g/mol. The lowest BCUT2D eigenvalue weighted by Crippen LogP contribution is -2.59. The Bertz CT molecular complexity index is 1040. The molecule has 1 aromatic carbocycles. The van der Waals surface area contributed by atoms with E-state index in [9.17, 15) is 24.3 Å². The maximum Gasteiger partial charge on any atom is 0.364 e. The first-order valence-corrected chi connectivity index (χ1v) is 14.5. The van der Waals surface area contributed by atoms with Gasteiger partial charge in [0.1, 0.15) is 0 Å². The molecule has 0 amide bonds. The van der Waals surface area contributed by atoms with E-state index in [2.05, 4.69) is 5.32 Å². The molecular formula is C31H47NO8. The molecule has 0 radical (unpaired) electrons. The highest BCUT2D eigenvalue weighted by molar-refractivity contribution is 5.83. The lowest BCUT2D eigenvalue weighted by Gasteiger charge is -2.34. The summed E-state index contributed by atoms with van der Waals surface area (Å²) >= 11 is 0. The molecule has 0 saturated heterocycles. The fourth-order valence-electron chi connectivity index (χ4n) is 4.42. The van der Waals surface area contributed by atoms with Crippen LogP contribution in [0.3, 0.4) is 0 Å². The van der Waals surface area contributed by atoms with Crippen LogP contribution in [0, 0.1) is 29.6 Å². The van der Waals surface area contributed by atoms with E-state index in [0.717, 1.165) is 19.3 Å². The van der Waals surface area contributed by atoms with Gasteiger partial charge >= 0.3 is 23.9 Å². The van der Waals surface area contributed by atoms with Crippen LogP contribution in [0.25, 0.3) is 0 Å². The van der Waals surface area contributed by atoms with Gasteiger partial charge in [-0.2, -0.15) is 0 Å². The topological polar surface area (TPSA) is 128 Å². The SMILES string of the molecule is CC(C)N[C@@](Cc1ccc(OC(=O)C(C)C(C)C)c(OC(=O)C(C)C(C)C)c1)(OC(=O)C1CCCCC1)C(=O)O. The molecule has 0 spiro atoms. The van der Waals surface area contributed by atoms with Crippen LogP contribution in [0.4, 0.5) is 0 Å². The second-order valence-electron chi connectivity index (χ2n) is 12.1. The molecule has 3 atom stereocenters. The Hall–Kier alpha value is -2.94. The smallest absolute Gasteiger partial charge is 0.364 e. The number of carbonyl (C=O) groups is 4. The molecule has 1 aliphatic rings. The highest BCUT2D eigenvalue weighted by Crippen LogP contribution is 2.33.